The molecule has 37 heavy (non-hydrogen) atoms. The maximum Gasteiger partial charge on any atom is 0.251 e. The highest BCUT2D eigenvalue weighted by molar-refractivity contribution is 5.94. The number of carbonyl (C=O) groups excluding carboxylic acids is 1. The van der Waals surface area contributed by atoms with E-state index < -0.39 is 0 Å². The quantitative estimate of drug-likeness (QED) is 0.323. The third kappa shape index (κ3) is 6.32. The number of rotatable bonds is 11. The van der Waals surface area contributed by atoms with Crippen molar-refractivity contribution < 1.29 is 4.79 Å². The summed E-state index contributed by atoms with van der Waals surface area (Å²) in [4.78, 5) is 29.4. The normalized spacial score (nSPS) is 11.0. The minimum Gasteiger partial charge on any atom is -0.360 e. The number of amides is 1. The van der Waals surface area contributed by atoms with Crippen LogP contribution in [0.5, 0.6) is 0 Å². The van der Waals surface area contributed by atoms with Gasteiger partial charge in [-0.05, 0) is 55.4 Å². The van der Waals surface area contributed by atoms with Crippen LogP contribution in [-0.2, 0) is 6.42 Å². The topological polar surface area (TPSA) is 101 Å². The molecule has 0 saturated carbocycles. The summed E-state index contributed by atoms with van der Waals surface area (Å²) in [6.07, 6.45) is 4.17. The van der Waals surface area contributed by atoms with Crippen LogP contribution in [0.2, 0.25) is 0 Å². The molecule has 2 heterocycles. The fraction of sp³-hybridized carbons (Fsp3) is 0.310. The van der Waals surface area contributed by atoms with E-state index in [1.54, 1.807) is 12.4 Å². The Balaban J connectivity index is 1.34. The number of anilines is 1. The van der Waals surface area contributed by atoms with Gasteiger partial charge >= 0.3 is 0 Å². The van der Waals surface area contributed by atoms with E-state index in [0.717, 1.165) is 53.9 Å². The van der Waals surface area contributed by atoms with Crippen molar-refractivity contribution in [2.45, 2.75) is 20.3 Å². The second-order valence-corrected chi connectivity index (χ2v) is 8.97. The summed E-state index contributed by atoms with van der Waals surface area (Å²) in [5.41, 5.74) is 4.99. The molecule has 0 unspecified atom stereocenters. The first-order chi connectivity index (χ1) is 18.0. The van der Waals surface area contributed by atoms with Crippen LogP contribution < -0.4 is 10.2 Å². The SMILES string of the molecule is CCN(CC)CCN(C)c1nccc(-c2ccc(C(=O)NCCc3ccc4[nH]cc(C#N)c4c3)cc2)n1. The van der Waals surface area contributed by atoms with Gasteiger partial charge in [-0.3, -0.25) is 4.79 Å². The van der Waals surface area contributed by atoms with Crippen molar-refractivity contribution in [3.05, 3.63) is 77.6 Å². The van der Waals surface area contributed by atoms with Gasteiger partial charge in [-0.1, -0.05) is 32.0 Å². The molecule has 0 aliphatic heterocycles. The molecule has 0 saturated heterocycles. The number of benzene rings is 2. The fourth-order valence-electron chi connectivity index (χ4n) is 4.25. The van der Waals surface area contributed by atoms with E-state index in [2.05, 4.69) is 45.0 Å². The first-order valence-corrected chi connectivity index (χ1v) is 12.7. The molecule has 1 amide bonds. The number of nitrogens with one attached hydrogen (secondary N) is 2. The monoisotopic (exact) mass is 495 g/mol. The van der Waals surface area contributed by atoms with Gasteiger partial charge in [0.2, 0.25) is 5.95 Å². The predicted octanol–water partition coefficient (Wildman–Crippen LogP) is 4.25. The Morgan fingerprint density at radius 2 is 1.86 bits per heavy atom. The summed E-state index contributed by atoms with van der Waals surface area (Å²) >= 11 is 0. The lowest BCUT2D eigenvalue weighted by Gasteiger charge is -2.23. The molecule has 2 N–H and O–H groups in total. The van der Waals surface area contributed by atoms with Gasteiger partial charge < -0.3 is 20.1 Å². The summed E-state index contributed by atoms with van der Waals surface area (Å²) < 4.78 is 0. The van der Waals surface area contributed by atoms with Crippen molar-refractivity contribution in [2.75, 3.05) is 44.7 Å². The molecular formula is C29H33N7O. The Labute approximate surface area is 218 Å². The van der Waals surface area contributed by atoms with Crippen LogP contribution >= 0.6 is 0 Å². The van der Waals surface area contributed by atoms with Crippen LogP contribution in [0.3, 0.4) is 0 Å². The Morgan fingerprint density at radius 1 is 1.08 bits per heavy atom. The lowest BCUT2D eigenvalue weighted by molar-refractivity contribution is 0.0954. The van der Waals surface area contributed by atoms with E-state index in [-0.39, 0.29) is 5.91 Å². The van der Waals surface area contributed by atoms with Crippen molar-refractivity contribution in [1.29, 1.82) is 5.26 Å². The van der Waals surface area contributed by atoms with Crippen LogP contribution in [-0.4, -0.2) is 65.5 Å². The van der Waals surface area contributed by atoms with E-state index in [0.29, 0.717) is 30.0 Å². The molecule has 0 spiro atoms. The molecule has 0 radical (unpaired) electrons. The lowest BCUT2D eigenvalue weighted by atomic mass is 10.1. The average molecular weight is 496 g/mol. The minimum atomic E-state index is -0.119. The average Bonchev–Trinajstić information content (AvgIpc) is 3.36. The van der Waals surface area contributed by atoms with Gasteiger partial charge in [-0.2, -0.15) is 5.26 Å². The zero-order valence-electron chi connectivity index (χ0n) is 21.7. The number of carbonyl (C=O) groups is 1. The number of aromatic nitrogens is 3. The molecule has 0 bridgehead atoms. The molecule has 4 aromatic rings. The van der Waals surface area contributed by atoms with Crippen LogP contribution in [0.4, 0.5) is 5.95 Å². The smallest absolute Gasteiger partial charge is 0.251 e. The van der Waals surface area contributed by atoms with Crippen molar-refractivity contribution >= 4 is 22.8 Å². The van der Waals surface area contributed by atoms with Gasteiger partial charge in [-0.15, -0.1) is 0 Å². The molecule has 0 aliphatic carbocycles. The summed E-state index contributed by atoms with van der Waals surface area (Å²) in [7, 11) is 2.01. The van der Waals surface area contributed by atoms with E-state index in [1.807, 2.05) is 55.6 Å². The molecule has 0 atom stereocenters. The van der Waals surface area contributed by atoms with Gasteiger partial charge in [0.05, 0.1) is 11.3 Å². The van der Waals surface area contributed by atoms with Gasteiger partial charge in [0, 0.05) is 61.1 Å². The van der Waals surface area contributed by atoms with Crippen molar-refractivity contribution in [2.24, 2.45) is 0 Å². The van der Waals surface area contributed by atoms with Crippen LogP contribution in [0.15, 0.2) is 60.9 Å². The van der Waals surface area contributed by atoms with Crippen LogP contribution in [0.1, 0.15) is 35.3 Å². The van der Waals surface area contributed by atoms with Crippen LogP contribution in [0, 0.1) is 11.3 Å². The maximum absolute atomic E-state index is 12.7. The Kier molecular flexibility index (Phi) is 8.49. The minimum absolute atomic E-state index is 0.119. The Morgan fingerprint density at radius 3 is 2.59 bits per heavy atom. The van der Waals surface area contributed by atoms with Gasteiger partial charge in [0.25, 0.3) is 5.91 Å². The van der Waals surface area contributed by atoms with E-state index in [4.69, 9.17) is 4.98 Å². The number of nitriles is 1. The highest BCUT2D eigenvalue weighted by atomic mass is 16.1. The van der Waals surface area contributed by atoms with E-state index in [9.17, 15) is 10.1 Å². The van der Waals surface area contributed by atoms with Gasteiger partial charge in [0.1, 0.15) is 6.07 Å². The number of likely N-dealkylation sites (N-methyl/N-ethyl adjacent to an activating group) is 2. The third-order valence-corrected chi connectivity index (χ3v) is 6.64. The molecular weight excluding hydrogens is 462 g/mol. The molecule has 4 rings (SSSR count). The maximum atomic E-state index is 12.7. The molecule has 190 valence electrons. The van der Waals surface area contributed by atoms with Crippen LogP contribution in [0.25, 0.3) is 22.2 Å². The number of H-pyrrole nitrogens is 1. The van der Waals surface area contributed by atoms with Crippen molar-refractivity contribution in [3.8, 4) is 17.3 Å². The number of hydrogen-bond donors (Lipinski definition) is 2. The number of nitrogens with zero attached hydrogens (tertiary/aromatic N) is 5. The number of fused-ring (bicyclic) bond motifs is 1. The second-order valence-electron chi connectivity index (χ2n) is 8.97. The summed E-state index contributed by atoms with van der Waals surface area (Å²) in [6, 6.07) is 17.5. The standard InChI is InChI=1S/C29H33N7O/c1-4-36(5-2)17-16-35(3)29-32-15-13-26(34-29)22-7-9-23(10-8-22)28(37)31-14-12-21-6-11-27-25(18-21)24(19-30)20-33-27/h6-11,13,15,18,20,33H,4-5,12,14,16-17H2,1-3H3,(H,31,37). The number of aromatic amines is 1. The molecule has 8 heteroatoms. The number of hydrogen-bond acceptors (Lipinski definition) is 6. The zero-order valence-corrected chi connectivity index (χ0v) is 21.7. The summed E-state index contributed by atoms with van der Waals surface area (Å²) in [6.45, 7) is 8.70. The highest BCUT2D eigenvalue weighted by Gasteiger charge is 2.11. The van der Waals surface area contributed by atoms with Crippen molar-refractivity contribution in [1.82, 2.24) is 25.2 Å². The predicted molar refractivity (Wildman–Crippen MR) is 148 cm³/mol. The van der Waals surface area contributed by atoms with Crippen molar-refractivity contribution in [3.63, 3.8) is 0 Å². The van der Waals surface area contributed by atoms with Gasteiger partial charge in [0.15, 0.2) is 0 Å². The Bertz CT molecular complexity index is 1380. The molecule has 0 aliphatic rings. The first-order valence-electron chi connectivity index (χ1n) is 12.7. The lowest BCUT2D eigenvalue weighted by Crippen LogP contribution is -2.33. The third-order valence-electron chi connectivity index (χ3n) is 6.64. The molecule has 2 aromatic carbocycles. The van der Waals surface area contributed by atoms with Gasteiger partial charge in [-0.25, -0.2) is 9.97 Å². The highest BCUT2D eigenvalue weighted by Crippen LogP contribution is 2.21. The molecule has 2 aromatic heterocycles. The largest absolute Gasteiger partial charge is 0.360 e. The van der Waals surface area contributed by atoms with E-state index >= 15 is 0 Å². The molecule has 8 nitrogen and oxygen atoms in total. The Hall–Kier alpha value is -4.22. The fourth-order valence-corrected chi connectivity index (χ4v) is 4.25. The van der Waals surface area contributed by atoms with E-state index in [1.165, 1.54) is 0 Å². The zero-order chi connectivity index (χ0) is 26.2. The molecule has 0 fully saturated rings. The summed E-state index contributed by atoms with van der Waals surface area (Å²) in [5, 5.41) is 13.1. The first kappa shape index (κ1) is 25.9. The second kappa shape index (κ2) is 12.2. The summed E-state index contributed by atoms with van der Waals surface area (Å²) in [5.74, 6) is 0.567.